The lowest BCUT2D eigenvalue weighted by molar-refractivity contribution is -0.138. The molecule has 2 aliphatic heterocycles. The Morgan fingerprint density at radius 3 is 2.15 bits per heavy atom. The zero-order valence-electron chi connectivity index (χ0n) is 19.1. The minimum Gasteiger partial charge on any atom is -0.497 e. The number of nitrogens with zero attached hydrogens (tertiary/aromatic N) is 3. The van der Waals surface area contributed by atoms with E-state index < -0.39 is 0 Å². The fourth-order valence-electron chi connectivity index (χ4n) is 4.13. The zero-order valence-corrected chi connectivity index (χ0v) is 19.1. The highest BCUT2D eigenvalue weighted by Crippen LogP contribution is 2.33. The molecule has 2 aromatic rings. The molecule has 3 amide bonds. The largest absolute Gasteiger partial charge is 0.497 e. The standard InChI is InChI=1S/C25H28N4O4/c1-17(30)26-20-8-6-19(7-9-20)22-23(28-14-12-27(2)13-15-28)25(32)29(24(22)31)16-18-4-10-21(33-3)11-5-18/h4-11H,12-16H2,1-3H3,(H,26,30). The molecule has 2 aliphatic rings. The lowest BCUT2D eigenvalue weighted by atomic mass is 10.0. The van der Waals surface area contributed by atoms with Crippen LogP contribution in [0, 0.1) is 0 Å². The molecule has 0 bridgehead atoms. The molecule has 1 N–H and O–H groups in total. The van der Waals surface area contributed by atoms with Crippen molar-refractivity contribution >= 4 is 29.0 Å². The van der Waals surface area contributed by atoms with E-state index >= 15 is 0 Å². The molecule has 8 nitrogen and oxygen atoms in total. The van der Waals surface area contributed by atoms with E-state index in [-0.39, 0.29) is 24.3 Å². The van der Waals surface area contributed by atoms with E-state index in [9.17, 15) is 14.4 Å². The van der Waals surface area contributed by atoms with Crippen LogP contribution in [0.25, 0.3) is 5.57 Å². The van der Waals surface area contributed by atoms with Crippen molar-refractivity contribution in [2.75, 3.05) is 45.7 Å². The molecule has 4 rings (SSSR count). The van der Waals surface area contributed by atoms with Crippen LogP contribution < -0.4 is 10.1 Å². The lowest BCUT2D eigenvalue weighted by Crippen LogP contribution is -2.46. The molecule has 0 unspecified atom stereocenters. The summed E-state index contributed by atoms with van der Waals surface area (Å²) in [7, 11) is 3.64. The van der Waals surface area contributed by atoms with Crippen molar-refractivity contribution < 1.29 is 19.1 Å². The molecular weight excluding hydrogens is 420 g/mol. The number of nitrogens with one attached hydrogen (secondary N) is 1. The predicted molar refractivity (Wildman–Crippen MR) is 125 cm³/mol. The third kappa shape index (κ3) is 4.75. The van der Waals surface area contributed by atoms with Gasteiger partial charge in [0.05, 0.1) is 19.2 Å². The minimum absolute atomic E-state index is 0.169. The van der Waals surface area contributed by atoms with Gasteiger partial charge in [0.25, 0.3) is 11.8 Å². The number of anilines is 1. The van der Waals surface area contributed by atoms with Crippen LogP contribution in [0.4, 0.5) is 5.69 Å². The molecule has 2 heterocycles. The van der Waals surface area contributed by atoms with Crippen LogP contribution in [0.2, 0.25) is 0 Å². The lowest BCUT2D eigenvalue weighted by Gasteiger charge is -2.34. The van der Waals surface area contributed by atoms with Crippen molar-refractivity contribution in [2.24, 2.45) is 0 Å². The molecule has 0 spiro atoms. The first-order valence-electron chi connectivity index (χ1n) is 10.9. The smallest absolute Gasteiger partial charge is 0.278 e. The van der Waals surface area contributed by atoms with Crippen molar-refractivity contribution in [3.8, 4) is 5.75 Å². The Labute approximate surface area is 193 Å². The van der Waals surface area contributed by atoms with Crippen LogP contribution in [-0.4, -0.2) is 72.8 Å². The zero-order chi connectivity index (χ0) is 23.5. The van der Waals surface area contributed by atoms with Gasteiger partial charge in [-0.3, -0.25) is 19.3 Å². The molecular formula is C25H28N4O4. The third-order valence-electron chi connectivity index (χ3n) is 5.96. The number of imide groups is 1. The van der Waals surface area contributed by atoms with Gasteiger partial charge >= 0.3 is 0 Å². The number of rotatable bonds is 6. The summed E-state index contributed by atoms with van der Waals surface area (Å²) >= 11 is 0. The number of benzene rings is 2. The third-order valence-corrected chi connectivity index (χ3v) is 5.96. The van der Waals surface area contributed by atoms with Crippen molar-refractivity contribution in [3.63, 3.8) is 0 Å². The van der Waals surface area contributed by atoms with Crippen LogP contribution >= 0.6 is 0 Å². The second kappa shape index (κ2) is 9.46. The van der Waals surface area contributed by atoms with Gasteiger partial charge in [-0.25, -0.2) is 0 Å². The summed E-state index contributed by atoms with van der Waals surface area (Å²) in [6, 6.07) is 14.4. The molecule has 0 atom stereocenters. The molecule has 0 radical (unpaired) electrons. The van der Waals surface area contributed by atoms with Gasteiger partial charge in [0.1, 0.15) is 11.4 Å². The molecule has 172 valence electrons. The molecule has 0 saturated carbocycles. The van der Waals surface area contributed by atoms with E-state index in [0.29, 0.717) is 41.4 Å². The quantitative estimate of drug-likeness (QED) is 0.683. The number of methoxy groups -OCH3 is 1. The number of likely N-dealkylation sites (N-methyl/N-ethyl adjacent to an activating group) is 1. The van der Waals surface area contributed by atoms with Crippen LogP contribution in [0.5, 0.6) is 5.75 Å². The van der Waals surface area contributed by atoms with E-state index in [2.05, 4.69) is 10.2 Å². The van der Waals surface area contributed by atoms with Gasteiger partial charge < -0.3 is 19.9 Å². The summed E-state index contributed by atoms with van der Waals surface area (Å²) in [5, 5.41) is 2.73. The van der Waals surface area contributed by atoms with E-state index in [4.69, 9.17) is 4.74 Å². The Hall–Kier alpha value is -3.65. The summed E-state index contributed by atoms with van der Waals surface area (Å²) in [5.41, 5.74) is 3.01. The van der Waals surface area contributed by atoms with Crippen LogP contribution in [0.3, 0.4) is 0 Å². The first-order valence-corrected chi connectivity index (χ1v) is 10.9. The summed E-state index contributed by atoms with van der Waals surface area (Å²) in [4.78, 5) is 44.0. The Kier molecular flexibility index (Phi) is 6.46. The highest BCUT2D eigenvalue weighted by Gasteiger charge is 2.42. The van der Waals surface area contributed by atoms with Gasteiger partial charge in [-0.15, -0.1) is 0 Å². The van der Waals surface area contributed by atoms with Crippen molar-refractivity contribution in [3.05, 3.63) is 65.4 Å². The van der Waals surface area contributed by atoms with Gasteiger partial charge in [0.15, 0.2) is 0 Å². The van der Waals surface area contributed by atoms with Crippen LogP contribution in [0.1, 0.15) is 18.1 Å². The van der Waals surface area contributed by atoms with Gasteiger partial charge in [-0.2, -0.15) is 0 Å². The Bertz CT molecular complexity index is 1080. The summed E-state index contributed by atoms with van der Waals surface area (Å²) < 4.78 is 5.20. The molecule has 33 heavy (non-hydrogen) atoms. The second-order valence-electron chi connectivity index (χ2n) is 8.32. The van der Waals surface area contributed by atoms with Crippen LogP contribution in [0.15, 0.2) is 54.2 Å². The number of ether oxygens (including phenoxy) is 1. The fraction of sp³-hybridized carbons (Fsp3) is 0.320. The topological polar surface area (TPSA) is 82.2 Å². The van der Waals surface area contributed by atoms with E-state index in [1.165, 1.54) is 11.8 Å². The average molecular weight is 449 g/mol. The SMILES string of the molecule is COc1ccc(CN2C(=O)C(c3ccc(NC(C)=O)cc3)=C(N3CCN(C)CC3)C2=O)cc1. The Morgan fingerprint density at radius 2 is 1.58 bits per heavy atom. The van der Waals surface area contributed by atoms with E-state index in [1.54, 1.807) is 31.4 Å². The van der Waals surface area contributed by atoms with Gasteiger partial charge in [-0.1, -0.05) is 24.3 Å². The molecule has 0 aliphatic carbocycles. The first-order chi connectivity index (χ1) is 15.9. The van der Waals surface area contributed by atoms with Crippen molar-refractivity contribution in [1.29, 1.82) is 0 Å². The molecule has 1 fully saturated rings. The fourth-order valence-corrected chi connectivity index (χ4v) is 4.13. The number of amides is 3. The normalized spacial score (nSPS) is 17.1. The molecule has 8 heteroatoms. The summed E-state index contributed by atoms with van der Waals surface area (Å²) in [5.74, 6) is -0.0368. The van der Waals surface area contributed by atoms with E-state index in [0.717, 1.165) is 18.7 Å². The molecule has 0 aromatic heterocycles. The monoisotopic (exact) mass is 448 g/mol. The van der Waals surface area contributed by atoms with Crippen molar-refractivity contribution in [1.82, 2.24) is 14.7 Å². The number of carbonyl (C=O) groups excluding carboxylic acids is 3. The maximum atomic E-state index is 13.5. The van der Waals surface area contributed by atoms with Crippen molar-refractivity contribution in [2.45, 2.75) is 13.5 Å². The Balaban J connectivity index is 1.67. The van der Waals surface area contributed by atoms with Crippen LogP contribution in [-0.2, 0) is 20.9 Å². The van der Waals surface area contributed by atoms with Gasteiger partial charge in [-0.05, 0) is 42.4 Å². The first kappa shape index (κ1) is 22.5. The highest BCUT2D eigenvalue weighted by atomic mass is 16.5. The van der Waals surface area contributed by atoms with Gasteiger partial charge in [0, 0.05) is 38.8 Å². The average Bonchev–Trinajstić information content (AvgIpc) is 3.05. The number of hydrogen-bond donors (Lipinski definition) is 1. The highest BCUT2D eigenvalue weighted by molar-refractivity contribution is 6.35. The molecule has 2 aromatic carbocycles. The minimum atomic E-state index is -0.308. The van der Waals surface area contributed by atoms with Gasteiger partial charge in [0.2, 0.25) is 5.91 Å². The van der Waals surface area contributed by atoms with E-state index in [1.807, 2.05) is 36.2 Å². The maximum absolute atomic E-state index is 13.5. The Morgan fingerprint density at radius 1 is 0.939 bits per heavy atom. The summed E-state index contributed by atoms with van der Waals surface area (Å²) in [6.45, 7) is 4.62. The number of piperazine rings is 1. The predicted octanol–water partition coefficient (Wildman–Crippen LogP) is 2.18. The second-order valence-corrected chi connectivity index (χ2v) is 8.32. The molecule has 1 saturated heterocycles. The maximum Gasteiger partial charge on any atom is 0.278 e. The number of carbonyl (C=O) groups is 3. The summed E-state index contributed by atoms with van der Waals surface area (Å²) in [6.07, 6.45) is 0. The number of hydrogen-bond acceptors (Lipinski definition) is 6.